The van der Waals surface area contributed by atoms with E-state index in [1.807, 2.05) is 24.3 Å². The molecule has 5 rings (SSSR count). The number of benzene rings is 3. The van der Waals surface area contributed by atoms with Gasteiger partial charge in [0.05, 0.1) is 16.2 Å². The second-order valence-corrected chi connectivity index (χ2v) is 11.2. The zero-order valence-electron chi connectivity index (χ0n) is 18.1. The van der Waals surface area contributed by atoms with Gasteiger partial charge in [0.15, 0.2) is 0 Å². The molecule has 1 aromatic heterocycles. The average Bonchev–Trinajstić information content (AvgIpc) is 3.20. The van der Waals surface area contributed by atoms with Gasteiger partial charge in [-0.2, -0.15) is 15.7 Å². The van der Waals surface area contributed by atoms with Crippen LogP contribution in [0.5, 0.6) is 0 Å². The largest absolute Gasteiger partial charge is 0.349 e. The maximum atomic E-state index is 13.6. The Morgan fingerprint density at radius 3 is 2.47 bits per heavy atom. The highest BCUT2D eigenvalue weighted by atomic mass is 35.5. The third-order valence-corrected chi connectivity index (χ3v) is 8.17. The maximum absolute atomic E-state index is 13.6. The fraction of sp³-hybridized carbons (Fsp3) is 0.200. The van der Waals surface area contributed by atoms with E-state index in [0.29, 0.717) is 51.8 Å². The van der Waals surface area contributed by atoms with Crippen LogP contribution in [0.15, 0.2) is 66.7 Å². The van der Waals surface area contributed by atoms with Crippen LogP contribution in [0.1, 0.15) is 23.2 Å². The molecule has 2 heterocycles. The molecule has 1 amide bonds. The Hall–Kier alpha value is -2.91. The van der Waals surface area contributed by atoms with E-state index in [2.05, 4.69) is 5.32 Å². The van der Waals surface area contributed by atoms with Gasteiger partial charge in [-0.3, -0.25) is 13.9 Å². The summed E-state index contributed by atoms with van der Waals surface area (Å²) in [6.45, 7) is 0. The van der Waals surface area contributed by atoms with Crippen LogP contribution in [0.25, 0.3) is 27.8 Å². The number of carbonyl (C=O) groups is 1. The molecular formula is C25H23ClFN3O3S. The number of hydrogen-bond donors (Lipinski definition) is 3. The first-order valence-electron chi connectivity index (χ1n) is 10.9. The van der Waals surface area contributed by atoms with E-state index >= 15 is 0 Å². The van der Waals surface area contributed by atoms with Gasteiger partial charge in [0.1, 0.15) is 11.5 Å². The van der Waals surface area contributed by atoms with Gasteiger partial charge in [0, 0.05) is 34.1 Å². The molecule has 6 nitrogen and oxygen atoms in total. The van der Waals surface area contributed by atoms with E-state index < -0.39 is 10.6 Å². The van der Waals surface area contributed by atoms with Gasteiger partial charge < -0.3 is 5.32 Å². The van der Waals surface area contributed by atoms with E-state index in [-0.39, 0.29) is 17.8 Å². The minimum absolute atomic E-state index is 0.108. The van der Waals surface area contributed by atoms with Crippen LogP contribution in [0.2, 0.25) is 5.02 Å². The third-order valence-electron chi connectivity index (χ3n) is 6.07. The van der Waals surface area contributed by atoms with E-state index in [9.17, 15) is 18.3 Å². The van der Waals surface area contributed by atoms with Crippen molar-refractivity contribution in [1.29, 1.82) is 0 Å². The molecule has 1 fully saturated rings. The Morgan fingerprint density at radius 2 is 1.76 bits per heavy atom. The molecule has 1 aliphatic rings. The molecule has 0 aliphatic carbocycles. The lowest BCUT2D eigenvalue weighted by Crippen LogP contribution is -2.39. The number of nitrogens with one attached hydrogen (secondary N) is 1. The van der Waals surface area contributed by atoms with Crippen LogP contribution in [0.3, 0.4) is 0 Å². The summed E-state index contributed by atoms with van der Waals surface area (Å²) in [5.41, 5.74) is 3.22. The smallest absolute Gasteiger partial charge is 0.251 e. The Kier molecular flexibility index (Phi) is 6.07. The summed E-state index contributed by atoms with van der Waals surface area (Å²) in [7, 11) is -2.51. The monoisotopic (exact) mass is 499 g/mol. The summed E-state index contributed by atoms with van der Waals surface area (Å²) in [6, 6.07) is 18.6. The molecule has 4 aromatic rings. The molecule has 0 bridgehead atoms. The van der Waals surface area contributed by atoms with Gasteiger partial charge in [0.2, 0.25) is 0 Å². The third kappa shape index (κ3) is 4.54. The molecule has 1 aliphatic heterocycles. The fourth-order valence-electron chi connectivity index (χ4n) is 4.21. The van der Waals surface area contributed by atoms with Gasteiger partial charge in [-0.25, -0.2) is 9.07 Å². The maximum Gasteiger partial charge on any atom is 0.251 e. The summed E-state index contributed by atoms with van der Waals surface area (Å²) >= 11 is 6.45. The number of aromatic nitrogens is 2. The van der Waals surface area contributed by atoms with E-state index in [1.165, 1.54) is 12.1 Å². The van der Waals surface area contributed by atoms with E-state index in [4.69, 9.17) is 16.7 Å². The lowest BCUT2D eigenvalue weighted by Gasteiger charge is -2.39. The second-order valence-electron chi connectivity index (χ2n) is 8.41. The number of amides is 1. The van der Waals surface area contributed by atoms with Crippen molar-refractivity contribution < 1.29 is 18.3 Å². The molecule has 0 atom stereocenters. The van der Waals surface area contributed by atoms with Crippen LogP contribution in [-0.2, 0) is 0 Å². The first-order valence-corrected chi connectivity index (χ1v) is 13.2. The molecular weight excluding hydrogens is 477 g/mol. The SMILES string of the molecule is O=C(NC1CCS(O)(O)CC1)c1ccc2c(-c3ccccc3Cl)nn(-c3ccc(F)cc3)c2c1. The van der Waals surface area contributed by atoms with Crippen molar-refractivity contribution in [3.63, 3.8) is 0 Å². The van der Waals surface area contributed by atoms with Crippen molar-refractivity contribution in [2.75, 3.05) is 11.5 Å². The van der Waals surface area contributed by atoms with Crippen molar-refractivity contribution in [2.24, 2.45) is 0 Å². The zero-order chi connectivity index (χ0) is 23.9. The van der Waals surface area contributed by atoms with Crippen LogP contribution in [-0.4, -0.2) is 42.3 Å². The second kappa shape index (κ2) is 9.03. The normalized spacial score (nSPS) is 16.9. The van der Waals surface area contributed by atoms with Gasteiger partial charge in [-0.15, -0.1) is 0 Å². The first-order chi connectivity index (χ1) is 16.3. The van der Waals surface area contributed by atoms with E-state index in [0.717, 1.165) is 10.9 Å². The number of hydrogen-bond acceptors (Lipinski definition) is 4. The minimum atomic E-state index is -2.51. The summed E-state index contributed by atoms with van der Waals surface area (Å²) in [5.74, 6) is 0.0116. The Bertz CT molecular complexity index is 1360. The van der Waals surface area contributed by atoms with Gasteiger partial charge >= 0.3 is 0 Å². The van der Waals surface area contributed by atoms with Crippen molar-refractivity contribution in [1.82, 2.24) is 15.1 Å². The molecule has 3 N–H and O–H groups in total. The molecule has 176 valence electrons. The van der Waals surface area contributed by atoms with Crippen molar-refractivity contribution >= 4 is 39.0 Å². The molecule has 34 heavy (non-hydrogen) atoms. The van der Waals surface area contributed by atoms with Gasteiger partial charge in [0.25, 0.3) is 5.91 Å². The Labute approximate surface area is 202 Å². The summed E-state index contributed by atoms with van der Waals surface area (Å²) in [4.78, 5) is 13.0. The number of carbonyl (C=O) groups excluding carboxylic acids is 1. The molecule has 0 unspecified atom stereocenters. The lowest BCUT2D eigenvalue weighted by molar-refractivity contribution is 0.0934. The summed E-state index contributed by atoms with van der Waals surface area (Å²) < 4.78 is 34.9. The minimum Gasteiger partial charge on any atom is -0.349 e. The molecule has 3 aromatic carbocycles. The lowest BCUT2D eigenvalue weighted by atomic mass is 10.0. The Balaban J connectivity index is 1.55. The summed E-state index contributed by atoms with van der Waals surface area (Å²) in [6.07, 6.45) is 1.06. The number of nitrogens with zero attached hydrogens (tertiary/aromatic N) is 2. The fourth-order valence-corrected chi connectivity index (χ4v) is 5.96. The zero-order valence-corrected chi connectivity index (χ0v) is 19.7. The number of rotatable bonds is 4. The van der Waals surface area contributed by atoms with Crippen LogP contribution in [0.4, 0.5) is 4.39 Å². The highest BCUT2D eigenvalue weighted by molar-refractivity contribution is 8.24. The molecule has 0 spiro atoms. The first kappa shape index (κ1) is 22.9. The molecule has 1 saturated heterocycles. The predicted octanol–water partition coefficient (Wildman–Crippen LogP) is 6.13. The summed E-state index contributed by atoms with van der Waals surface area (Å²) in [5, 5.41) is 9.14. The van der Waals surface area contributed by atoms with Crippen molar-refractivity contribution in [3.05, 3.63) is 83.1 Å². The standard InChI is InChI=1S/C25H23ClFN3O3S/c26-22-4-2-1-3-20(22)24-21-10-5-16(25(31)28-18-11-13-34(32,33)14-12-18)15-23(21)30(29-24)19-8-6-17(27)7-9-19/h1-10,15,18,32-33H,11-14H2,(H,28,31). The van der Waals surface area contributed by atoms with Crippen LogP contribution in [0, 0.1) is 5.82 Å². The van der Waals surface area contributed by atoms with E-state index in [1.54, 1.807) is 35.0 Å². The van der Waals surface area contributed by atoms with Gasteiger partial charge in [-0.05, 0) is 61.4 Å². The van der Waals surface area contributed by atoms with Crippen molar-refractivity contribution in [3.8, 4) is 16.9 Å². The number of halogens is 2. The number of fused-ring (bicyclic) bond motifs is 1. The highest BCUT2D eigenvalue weighted by Crippen LogP contribution is 2.44. The highest BCUT2D eigenvalue weighted by Gasteiger charge is 2.26. The quantitative estimate of drug-likeness (QED) is 0.315. The van der Waals surface area contributed by atoms with Crippen LogP contribution >= 0.6 is 22.2 Å². The average molecular weight is 500 g/mol. The molecule has 9 heteroatoms. The Morgan fingerprint density at radius 1 is 1.06 bits per heavy atom. The van der Waals surface area contributed by atoms with Crippen LogP contribution < -0.4 is 5.32 Å². The predicted molar refractivity (Wildman–Crippen MR) is 135 cm³/mol. The van der Waals surface area contributed by atoms with Gasteiger partial charge in [-0.1, -0.05) is 29.8 Å². The molecule has 0 saturated carbocycles. The topological polar surface area (TPSA) is 87.4 Å². The van der Waals surface area contributed by atoms with Crippen molar-refractivity contribution in [2.45, 2.75) is 18.9 Å². The molecule has 0 radical (unpaired) electrons.